The van der Waals surface area contributed by atoms with Crippen molar-refractivity contribution in [3.8, 4) is 0 Å². The van der Waals surface area contributed by atoms with E-state index in [9.17, 15) is 13.2 Å². The van der Waals surface area contributed by atoms with E-state index in [0.29, 0.717) is 5.56 Å². The molecule has 8 heteroatoms. The molecule has 18 heavy (non-hydrogen) atoms. The van der Waals surface area contributed by atoms with E-state index in [4.69, 9.17) is 34.8 Å². The van der Waals surface area contributed by atoms with Gasteiger partial charge in [0.25, 0.3) is 0 Å². The number of nitrogens with zero attached hydrogens (tertiary/aromatic N) is 1. The molecule has 2 rings (SSSR count). The Labute approximate surface area is 115 Å². The molecule has 0 radical (unpaired) electrons. The fourth-order valence-electron chi connectivity index (χ4n) is 1.45. The van der Waals surface area contributed by atoms with Crippen LogP contribution in [0.15, 0.2) is 17.3 Å². The van der Waals surface area contributed by atoms with Gasteiger partial charge < -0.3 is 4.84 Å². The molecule has 0 saturated carbocycles. The number of alkyl halides is 3. The molecule has 1 aromatic rings. The fraction of sp³-hybridized carbons (Fsp3) is 0.300. The summed E-state index contributed by atoms with van der Waals surface area (Å²) < 4.78 is 37.2. The Morgan fingerprint density at radius 3 is 2.17 bits per heavy atom. The summed E-state index contributed by atoms with van der Waals surface area (Å²) in [5.74, 6) is 0. The Morgan fingerprint density at radius 1 is 1.17 bits per heavy atom. The van der Waals surface area contributed by atoms with Crippen LogP contribution in [0.25, 0.3) is 0 Å². The summed E-state index contributed by atoms with van der Waals surface area (Å²) in [6.07, 6.45) is -6.76. The molecule has 0 aliphatic carbocycles. The Hall–Kier alpha value is -0.650. The number of hydrogen-bond donors (Lipinski definition) is 0. The van der Waals surface area contributed by atoms with Crippen molar-refractivity contribution in [2.24, 2.45) is 5.16 Å². The van der Waals surface area contributed by atoms with Crippen LogP contribution in [0.5, 0.6) is 0 Å². The number of rotatable bonds is 1. The zero-order valence-corrected chi connectivity index (χ0v) is 10.8. The lowest BCUT2D eigenvalue weighted by Gasteiger charge is -2.11. The van der Waals surface area contributed by atoms with Crippen LogP contribution in [0.2, 0.25) is 15.1 Å². The molecule has 1 aromatic carbocycles. The summed E-state index contributed by atoms with van der Waals surface area (Å²) in [5.41, 5.74) is 0.499. The molecule has 1 aliphatic heterocycles. The highest BCUT2D eigenvalue weighted by Gasteiger charge is 2.45. The van der Waals surface area contributed by atoms with Crippen LogP contribution in [0, 0.1) is 0 Å². The van der Waals surface area contributed by atoms with Gasteiger partial charge in [0.1, 0.15) is 0 Å². The van der Waals surface area contributed by atoms with E-state index in [2.05, 4.69) is 9.99 Å². The lowest BCUT2D eigenvalue weighted by Crippen LogP contribution is -2.28. The summed E-state index contributed by atoms with van der Waals surface area (Å²) in [6, 6.07) is 2.80. The minimum absolute atomic E-state index is 0.137. The molecule has 1 unspecified atom stereocenters. The molecule has 0 spiro atoms. The van der Waals surface area contributed by atoms with Gasteiger partial charge in [-0.05, 0) is 12.1 Å². The van der Waals surface area contributed by atoms with Crippen LogP contribution in [0.4, 0.5) is 13.2 Å². The first kappa shape index (κ1) is 13.8. The van der Waals surface area contributed by atoms with Gasteiger partial charge in [-0.2, -0.15) is 13.2 Å². The van der Waals surface area contributed by atoms with Gasteiger partial charge in [-0.15, -0.1) is 0 Å². The minimum Gasteiger partial charge on any atom is -0.382 e. The summed E-state index contributed by atoms with van der Waals surface area (Å²) in [5, 5.41) is 3.85. The largest absolute Gasteiger partial charge is 0.428 e. The van der Waals surface area contributed by atoms with E-state index in [1.807, 2.05) is 0 Å². The normalized spacial score (nSPS) is 19.7. The maximum Gasteiger partial charge on any atom is 0.428 e. The molecule has 1 aliphatic rings. The van der Waals surface area contributed by atoms with Crippen LogP contribution >= 0.6 is 34.8 Å². The zero-order chi connectivity index (χ0) is 13.5. The third kappa shape index (κ3) is 2.68. The van der Waals surface area contributed by atoms with E-state index in [1.54, 1.807) is 0 Å². The van der Waals surface area contributed by atoms with Crippen LogP contribution in [0.3, 0.4) is 0 Å². The molecule has 98 valence electrons. The Morgan fingerprint density at radius 2 is 1.72 bits per heavy atom. The molecule has 0 saturated heterocycles. The van der Waals surface area contributed by atoms with E-state index in [1.165, 1.54) is 12.1 Å². The molecule has 2 nitrogen and oxygen atoms in total. The van der Waals surface area contributed by atoms with Crippen LogP contribution in [0.1, 0.15) is 12.0 Å². The fourth-order valence-corrected chi connectivity index (χ4v) is 2.04. The Bertz CT molecular complexity index is 493. The van der Waals surface area contributed by atoms with Crippen LogP contribution in [-0.2, 0) is 4.84 Å². The predicted octanol–water partition coefficient (Wildman–Crippen LogP) is 4.70. The highest BCUT2D eigenvalue weighted by atomic mass is 35.5. The third-order valence-electron chi connectivity index (χ3n) is 2.35. The third-order valence-corrected chi connectivity index (χ3v) is 3.55. The van der Waals surface area contributed by atoms with Gasteiger partial charge in [-0.1, -0.05) is 40.0 Å². The molecular formula is C10H5Cl3F3NO. The highest BCUT2D eigenvalue weighted by Crippen LogP contribution is 2.35. The smallest absolute Gasteiger partial charge is 0.382 e. The first-order valence-corrected chi connectivity index (χ1v) is 5.86. The number of halogens is 6. The van der Waals surface area contributed by atoms with Gasteiger partial charge in [-0.25, -0.2) is 0 Å². The maximum absolute atomic E-state index is 12.4. The van der Waals surface area contributed by atoms with Gasteiger partial charge in [-0.3, -0.25) is 0 Å². The van der Waals surface area contributed by atoms with Gasteiger partial charge in [0.2, 0.25) is 6.10 Å². The maximum atomic E-state index is 12.4. The molecule has 0 bridgehead atoms. The summed E-state index contributed by atoms with van der Waals surface area (Å²) in [6.45, 7) is 0. The van der Waals surface area contributed by atoms with Crippen molar-refractivity contribution in [1.82, 2.24) is 0 Å². The summed E-state index contributed by atoms with van der Waals surface area (Å²) >= 11 is 17.3. The predicted molar refractivity (Wildman–Crippen MR) is 63.6 cm³/mol. The van der Waals surface area contributed by atoms with Crippen molar-refractivity contribution >= 4 is 40.5 Å². The lowest BCUT2D eigenvalue weighted by molar-refractivity contribution is -0.212. The number of oxime groups is 1. The van der Waals surface area contributed by atoms with Crippen molar-refractivity contribution in [3.63, 3.8) is 0 Å². The standard InChI is InChI=1S/C10H5Cl3F3NO/c11-5-1-4(2-6(12)9(5)13)7-3-8(18-17-7)10(14,15)16/h1-2,8H,3H2. The van der Waals surface area contributed by atoms with Crippen LogP contribution < -0.4 is 0 Å². The first-order chi connectivity index (χ1) is 8.29. The van der Waals surface area contributed by atoms with Crippen molar-refractivity contribution in [1.29, 1.82) is 0 Å². The second kappa shape index (κ2) is 4.79. The summed E-state index contributed by atoms with van der Waals surface area (Å²) in [4.78, 5) is 4.34. The van der Waals surface area contributed by atoms with Crippen molar-refractivity contribution in [2.75, 3.05) is 0 Å². The number of benzene rings is 1. The molecule has 0 N–H and O–H groups in total. The van der Waals surface area contributed by atoms with Gasteiger partial charge in [0, 0.05) is 12.0 Å². The average Bonchev–Trinajstić information content (AvgIpc) is 2.73. The second-order valence-electron chi connectivity index (χ2n) is 3.63. The van der Waals surface area contributed by atoms with Gasteiger partial charge in [0.15, 0.2) is 0 Å². The minimum atomic E-state index is -4.45. The molecule has 1 atom stereocenters. The highest BCUT2D eigenvalue weighted by molar-refractivity contribution is 6.48. The topological polar surface area (TPSA) is 21.6 Å². The van der Waals surface area contributed by atoms with Crippen LogP contribution in [-0.4, -0.2) is 18.0 Å². The Balaban J connectivity index is 2.25. The average molecular weight is 319 g/mol. The van der Waals surface area contributed by atoms with E-state index >= 15 is 0 Å². The monoisotopic (exact) mass is 317 g/mol. The Kier molecular flexibility index (Phi) is 3.67. The molecule has 0 amide bonds. The van der Waals surface area contributed by atoms with Crippen molar-refractivity contribution in [2.45, 2.75) is 18.7 Å². The molecule has 0 fully saturated rings. The van der Waals surface area contributed by atoms with E-state index in [-0.39, 0.29) is 27.2 Å². The molecular weight excluding hydrogens is 313 g/mol. The molecule has 0 aromatic heterocycles. The van der Waals surface area contributed by atoms with E-state index < -0.39 is 12.3 Å². The molecule has 1 heterocycles. The SMILES string of the molecule is FC(F)(F)C1CC(c2cc(Cl)c(Cl)c(Cl)c2)=NO1. The lowest BCUT2D eigenvalue weighted by atomic mass is 10.0. The van der Waals surface area contributed by atoms with E-state index in [0.717, 1.165) is 0 Å². The zero-order valence-electron chi connectivity index (χ0n) is 8.56. The number of hydrogen-bond acceptors (Lipinski definition) is 2. The summed E-state index contributed by atoms with van der Waals surface area (Å²) in [7, 11) is 0. The van der Waals surface area contributed by atoms with Crippen molar-refractivity contribution in [3.05, 3.63) is 32.8 Å². The van der Waals surface area contributed by atoms with Gasteiger partial charge in [0.05, 0.1) is 20.8 Å². The second-order valence-corrected chi connectivity index (χ2v) is 4.82. The van der Waals surface area contributed by atoms with Gasteiger partial charge >= 0.3 is 6.18 Å². The van der Waals surface area contributed by atoms with Crippen molar-refractivity contribution < 1.29 is 18.0 Å². The first-order valence-electron chi connectivity index (χ1n) is 4.73. The quantitative estimate of drug-likeness (QED) is 0.688.